The molecule has 1 N–H and O–H groups in total. The molecule has 1 amide bonds. The fourth-order valence-electron chi connectivity index (χ4n) is 4.22. The number of aryl methyl sites for hydroxylation is 1. The predicted octanol–water partition coefficient (Wildman–Crippen LogP) is 5.02. The second kappa shape index (κ2) is 11.3. The van der Waals surface area contributed by atoms with Crippen LogP contribution >= 0.6 is 11.6 Å². The van der Waals surface area contributed by atoms with E-state index in [1.54, 1.807) is 7.11 Å². The maximum absolute atomic E-state index is 13.2. The Hall–Kier alpha value is -2.83. The minimum absolute atomic E-state index is 0.0397. The van der Waals surface area contributed by atoms with E-state index in [-0.39, 0.29) is 11.9 Å². The summed E-state index contributed by atoms with van der Waals surface area (Å²) < 4.78 is 7.25. The van der Waals surface area contributed by atoms with E-state index in [1.165, 1.54) is 0 Å². The van der Waals surface area contributed by atoms with Crippen LogP contribution in [0.25, 0.3) is 0 Å². The van der Waals surface area contributed by atoms with Crippen LogP contribution in [0.15, 0.2) is 48.5 Å². The summed E-state index contributed by atoms with van der Waals surface area (Å²) >= 11 is 6.32. The lowest BCUT2D eigenvalue weighted by molar-refractivity contribution is 0.0933. The fraction of sp³-hybridized carbons (Fsp3) is 0.385. The highest BCUT2D eigenvalue weighted by Crippen LogP contribution is 2.24. The maximum atomic E-state index is 13.2. The molecule has 0 fully saturated rings. The van der Waals surface area contributed by atoms with Gasteiger partial charge in [-0.25, -0.2) is 0 Å². The molecule has 0 aliphatic heterocycles. The second-order valence-electron chi connectivity index (χ2n) is 8.02. The predicted molar refractivity (Wildman–Crippen MR) is 133 cm³/mol. The Bertz CT molecular complexity index is 1090. The summed E-state index contributed by atoms with van der Waals surface area (Å²) in [5.41, 5.74) is 4.23. The number of carbonyl (C=O) groups excluding carboxylic acids is 1. The number of ether oxygens (including phenoxy) is 1. The Morgan fingerprint density at radius 1 is 1.15 bits per heavy atom. The summed E-state index contributed by atoms with van der Waals surface area (Å²) in [6.45, 7) is 10.8. The Morgan fingerprint density at radius 2 is 1.88 bits per heavy atom. The summed E-state index contributed by atoms with van der Waals surface area (Å²) in [6, 6.07) is 15.8. The molecule has 33 heavy (non-hydrogen) atoms. The largest absolute Gasteiger partial charge is 0.497 e. The number of nitrogens with zero attached hydrogens (tertiary/aromatic N) is 3. The first-order chi connectivity index (χ1) is 15.9. The monoisotopic (exact) mass is 468 g/mol. The van der Waals surface area contributed by atoms with Crippen molar-refractivity contribution in [3.63, 3.8) is 0 Å². The molecule has 0 radical (unpaired) electrons. The number of aromatic nitrogens is 2. The van der Waals surface area contributed by atoms with Gasteiger partial charge in [-0.15, -0.1) is 0 Å². The van der Waals surface area contributed by atoms with Crippen LogP contribution in [0.3, 0.4) is 0 Å². The Labute approximate surface area is 201 Å². The number of benzene rings is 2. The lowest BCUT2D eigenvalue weighted by atomic mass is 10.0. The summed E-state index contributed by atoms with van der Waals surface area (Å²) in [5.74, 6) is 0.694. The van der Waals surface area contributed by atoms with Crippen LogP contribution < -0.4 is 10.1 Å². The van der Waals surface area contributed by atoms with Crippen LogP contribution in [0.4, 0.5) is 0 Å². The molecule has 0 spiro atoms. The molecule has 1 aromatic heterocycles. The molecule has 3 rings (SSSR count). The second-order valence-corrected chi connectivity index (χ2v) is 8.43. The van der Waals surface area contributed by atoms with E-state index in [0.29, 0.717) is 29.4 Å². The van der Waals surface area contributed by atoms with Gasteiger partial charge in [-0.2, -0.15) is 5.10 Å². The zero-order valence-corrected chi connectivity index (χ0v) is 20.8. The van der Waals surface area contributed by atoms with Crippen LogP contribution in [0, 0.1) is 13.8 Å². The van der Waals surface area contributed by atoms with Crippen molar-refractivity contribution in [2.45, 2.75) is 40.3 Å². The molecule has 1 heterocycles. The van der Waals surface area contributed by atoms with Crippen molar-refractivity contribution in [2.75, 3.05) is 26.7 Å². The van der Waals surface area contributed by atoms with Crippen molar-refractivity contribution < 1.29 is 9.53 Å². The number of likely N-dealkylation sites (N-methyl/N-ethyl adjacent to an activating group) is 1. The lowest BCUT2D eigenvalue weighted by Crippen LogP contribution is -2.38. The summed E-state index contributed by atoms with van der Waals surface area (Å²) in [5, 5.41) is 8.46. The molecule has 0 aliphatic rings. The van der Waals surface area contributed by atoms with Gasteiger partial charge in [0.25, 0.3) is 5.91 Å². The first-order valence-electron chi connectivity index (χ1n) is 11.3. The van der Waals surface area contributed by atoms with Gasteiger partial charge in [0.15, 0.2) is 0 Å². The Kier molecular flexibility index (Phi) is 8.53. The zero-order valence-electron chi connectivity index (χ0n) is 20.1. The van der Waals surface area contributed by atoms with Gasteiger partial charge in [-0.1, -0.05) is 55.8 Å². The van der Waals surface area contributed by atoms with Crippen LogP contribution in [-0.2, 0) is 6.54 Å². The molecule has 6 nitrogen and oxygen atoms in total. The summed E-state index contributed by atoms with van der Waals surface area (Å²) in [7, 11) is 1.67. The number of carbonyl (C=O) groups is 1. The third-order valence-corrected chi connectivity index (χ3v) is 6.44. The van der Waals surface area contributed by atoms with Crippen LogP contribution in [0.2, 0.25) is 5.02 Å². The minimum atomic E-state index is -0.115. The van der Waals surface area contributed by atoms with Crippen LogP contribution in [0.5, 0.6) is 5.75 Å². The number of hydrogen-bond acceptors (Lipinski definition) is 4. The molecule has 0 saturated heterocycles. The number of amides is 1. The Balaban J connectivity index is 1.80. The van der Waals surface area contributed by atoms with Gasteiger partial charge in [0.1, 0.15) is 5.75 Å². The van der Waals surface area contributed by atoms with E-state index < -0.39 is 0 Å². The van der Waals surface area contributed by atoms with Gasteiger partial charge < -0.3 is 10.1 Å². The van der Waals surface area contributed by atoms with Gasteiger partial charge in [-0.05, 0) is 56.3 Å². The molecule has 0 saturated carbocycles. The highest BCUT2D eigenvalue weighted by atomic mass is 35.5. The van der Waals surface area contributed by atoms with Gasteiger partial charge in [0, 0.05) is 17.3 Å². The van der Waals surface area contributed by atoms with Gasteiger partial charge >= 0.3 is 0 Å². The third-order valence-electron chi connectivity index (χ3n) is 6.07. The van der Waals surface area contributed by atoms with E-state index in [2.05, 4.69) is 35.2 Å². The number of nitrogens with one attached hydrogen (secondary N) is 1. The van der Waals surface area contributed by atoms with Gasteiger partial charge in [0.05, 0.1) is 31.0 Å². The fourth-order valence-corrected chi connectivity index (χ4v) is 4.41. The van der Waals surface area contributed by atoms with Crippen molar-refractivity contribution in [3.05, 3.63) is 81.6 Å². The van der Waals surface area contributed by atoms with Crippen LogP contribution in [0.1, 0.15) is 52.8 Å². The average Bonchev–Trinajstić information content (AvgIpc) is 3.10. The molecular weight excluding hydrogens is 436 g/mol. The minimum Gasteiger partial charge on any atom is -0.497 e. The number of hydrogen-bond donors (Lipinski definition) is 1. The first kappa shape index (κ1) is 24.8. The molecule has 0 aliphatic carbocycles. The number of rotatable bonds is 10. The number of halogens is 1. The van der Waals surface area contributed by atoms with Crippen molar-refractivity contribution in [1.29, 1.82) is 0 Å². The SMILES string of the molecule is CCN(CC)C(CNC(=O)c1c(C)nn(Cc2ccccc2Cl)c1C)c1cccc(OC)c1. The highest BCUT2D eigenvalue weighted by molar-refractivity contribution is 6.31. The van der Waals surface area contributed by atoms with E-state index in [4.69, 9.17) is 16.3 Å². The summed E-state index contributed by atoms with van der Waals surface area (Å²) in [6.07, 6.45) is 0. The lowest BCUT2D eigenvalue weighted by Gasteiger charge is -2.30. The topological polar surface area (TPSA) is 59.4 Å². The Morgan fingerprint density at radius 3 is 2.55 bits per heavy atom. The molecule has 0 bridgehead atoms. The smallest absolute Gasteiger partial charge is 0.255 e. The molecule has 1 atom stereocenters. The van der Waals surface area contributed by atoms with Crippen LogP contribution in [-0.4, -0.2) is 47.3 Å². The van der Waals surface area contributed by atoms with Crippen molar-refractivity contribution >= 4 is 17.5 Å². The highest BCUT2D eigenvalue weighted by Gasteiger charge is 2.23. The zero-order chi connectivity index (χ0) is 24.0. The molecule has 3 aromatic rings. The van der Waals surface area contributed by atoms with Crippen molar-refractivity contribution in [2.24, 2.45) is 0 Å². The van der Waals surface area contributed by atoms with Crippen molar-refractivity contribution in [1.82, 2.24) is 20.0 Å². The van der Waals surface area contributed by atoms with E-state index in [9.17, 15) is 4.79 Å². The standard InChI is InChI=1S/C26H33ClN4O2/c1-6-30(7-2)24(20-12-10-13-22(15-20)33-5)16-28-26(32)25-18(3)29-31(19(25)4)17-21-11-8-9-14-23(21)27/h8-15,24H,6-7,16-17H2,1-5H3,(H,28,32). The van der Waals surface area contributed by atoms with Crippen molar-refractivity contribution in [3.8, 4) is 5.75 Å². The number of methoxy groups -OCH3 is 1. The molecule has 176 valence electrons. The quantitative estimate of drug-likeness (QED) is 0.453. The molecule has 1 unspecified atom stereocenters. The molecule has 7 heteroatoms. The molecular formula is C26H33ClN4O2. The summed E-state index contributed by atoms with van der Waals surface area (Å²) in [4.78, 5) is 15.6. The van der Waals surface area contributed by atoms with E-state index in [1.807, 2.05) is 61.0 Å². The first-order valence-corrected chi connectivity index (χ1v) is 11.7. The average molecular weight is 469 g/mol. The maximum Gasteiger partial charge on any atom is 0.255 e. The molecule has 2 aromatic carbocycles. The normalized spacial score (nSPS) is 12.1. The third kappa shape index (κ3) is 5.75. The van der Waals surface area contributed by atoms with Gasteiger partial charge in [0.2, 0.25) is 0 Å². The van der Waals surface area contributed by atoms with Gasteiger partial charge in [-0.3, -0.25) is 14.4 Å². The van der Waals surface area contributed by atoms with E-state index >= 15 is 0 Å². The van der Waals surface area contributed by atoms with E-state index in [0.717, 1.165) is 35.7 Å².